The van der Waals surface area contributed by atoms with Crippen LogP contribution in [0.2, 0.25) is 0 Å². The lowest BCUT2D eigenvalue weighted by Crippen LogP contribution is -2.45. The van der Waals surface area contributed by atoms with Crippen molar-refractivity contribution < 1.29 is 24.5 Å². The zero-order chi connectivity index (χ0) is 56.4. The molecule has 0 aromatic rings. The van der Waals surface area contributed by atoms with Crippen LogP contribution in [0.5, 0.6) is 0 Å². The van der Waals surface area contributed by atoms with Crippen molar-refractivity contribution in [3.05, 3.63) is 0 Å². The van der Waals surface area contributed by atoms with Gasteiger partial charge in [0.05, 0.1) is 25.4 Å². The van der Waals surface area contributed by atoms with Crippen LogP contribution in [0.15, 0.2) is 0 Å². The van der Waals surface area contributed by atoms with Crippen molar-refractivity contribution >= 4 is 11.9 Å². The largest absolute Gasteiger partial charge is 0.466 e. The predicted molar refractivity (Wildman–Crippen MR) is 343 cm³/mol. The van der Waals surface area contributed by atoms with Gasteiger partial charge in [0.1, 0.15) is 0 Å². The molecule has 0 bridgehead atoms. The first kappa shape index (κ1) is 76.9. The molecule has 0 rings (SSSR count). The van der Waals surface area contributed by atoms with Crippen LogP contribution in [-0.4, -0.2) is 47.4 Å². The molecule has 0 aliphatic carbocycles. The molecule has 0 heterocycles. The van der Waals surface area contributed by atoms with Crippen molar-refractivity contribution in [3.8, 4) is 0 Å². The van der Waals surface area contributed by atoms with Gasteiger partial charge in [-0.15, -0.1) is 0 Å². The summed E-state index contributed by atoms with van der Waals surface area (Å²) in [6, 6.07) is -0.535. The minimum atomic E-state index is -0.658. The van der Waals surface area contributed by atoms with Gasteiger partial charge in [-0.3, -0.25) is 9.59 Å². The number of rotatable bonds is 69. The number of aliphatic hydroxyl groups is 2. The van der Waals surface area contributed by atoms with E-state index in [4.69, 9.17) is 4.74 Å². The van der Waals surface area contributed by atoms with Gasteiger partial charge in [0, 0.05) is 12.8 Å². The topological polar surface area (TPSA) is 95.9 Å². The lowest BCUT2D eigenvalue weighted by Gasteiger charge is -2.22. The number of hydrogen-bond acceptors (Lipinski definition) is 5. The number of esters is 1. The molecule has 466 valence electrons. The summed E-state index contributed by atoms with van der Waals surface area (Å²) in [6.45, 7) is 4.99. The van der Waals surface area contributed by atoms with Crippen LogP contribution >= 0.6 is 0 Å². The van der Waals surface area contributed by atoms with Crippen molar-refractivity contribution in [1.29, 1.82) is 0 Å². The van der Waals surface area contributed by atoms with Crippen LogP contribution in [0.4, 0.5) is 0 Å². The van der Waals surface area contributed by atoms with Crippen LogP contribution in [0.25, 0.3) is 0 Å². The molecule has 0 saturated carbocycles. The van der Waals surface area contributed by atoms with E-state index >= 15 is 0 Å². The molecule has 0 aromatic carbocycles. The number of hydrogen-bond donors (Lipinski definition) is 3. The molecule has 6 heteroatoms. The van der Waals surface area contributed by atoms with E-state index in [0.29, 0.717) is 25.9 Å². The minimum Gasteiger partial charge on any atom is -0.466 e. The normalized spacial score (nSPS) is 12.4. The second-order valence-electron chi connectivity index (χ2n) is 25.3. The second-order valence-corrected chi connectivity index (χ2v) is 25.3. The van der Waals surface area contributed by atoms with Crippen molar-refractivity contribution in [1.82, 2.24) is 5.32 Å². The summed E-state index contributed by atoms with van der Waals surface area (Å²) in [5.74, 6) is -0.00132. The van der Waals surface area contributed by atoms with Gasteiger partial charge in [-0.05, 0) is 25.7 Å². The molecule has 0 spiro atoms. The molecular weight excluding hydrogens is 959 g/mol. The van der Waals surface area contributed by atoms with Gasteiger partial charge in [0.15, 0.2) is 0 Å². The van der Waals surface area contributed by atoms with E-state index in [1.54, 1.807) is 0 Å². The number of ether oxygens (including phenoxy) is 1. The summed E-state index contributed by atoms with van der Waals surface area (Å²) in [7, 11) is 0. The number of nitrogens with one attached hydrogen (secondary N) is 1. The average molecular weight is 1100 g/mol. The molecule has 0 aromatic heterocycles. The number of carbonyl (C=O) groups excluding carboxylic acids is 2. The Hall–Kier alpha value is -1.14. The first-order valence-electron chi connectivity index (χ1n) is 36.3. The second kappa shape index (κ2) is 68.4. The zero-order valence-corrected chi connectivity index (χ0v) is 53.4. The molecule has 0 fully saturated rings. The fourth-order valence-corrected chi connectivity index (χ4v) is 11.9. The summed E-state index contributed by atoms with van der Waals surface area (Å²) in [4.78, 5) is 24.5. The van der Waals surface area contributed by atoms with Crippen molar-refractivity contribution in [3.63, 3.8) is 0 Å². The fraction of sp³-hybridized carbons (Fsp3) is 0.972. The highest BCUT2D eigenvalue weighted by Crippen LogP contribution is 2.20. The number of amides is 1. The molecule has 2 unspecified atom stereocenters. The third-order valence-electron chi connectivity index (χ3n) is 17.4. The Labute approximate surface area is 489 Å². The van der Waals surface area contributed by atoms with E-state index in [1.807, 2.05) is 0 Å². The SMILES string of the molecule is CCCCCCCCCCCCCCCCCC(=O)OCCCCCCCCCCCCCCCCCCCCCCCCCCCCCCCCCCCCCC(=O)NC(CO)C(O)CCCCCCCCCCCCC. The molecule has 2 atom stereocenters. The first-order chi connectivity index (χ1) is 38.5. The van der Waals surface area contributed by atoms with Crippen LogP contribution in [0.1, 0.15) is 425 Å². The zero-order valence-electron chi connectivity index (χ0n) is 53.4. The Kier molecular flexibility index (Phi) is 67.4. The summed E-state index contributed by atoms with van der Waals surface area (Å²) >= 11 is 0. The monoisotopic (exact) mass is 1100 g/mol. The van der Waals surface area contributed by atoms with Crippen molar-refractivity contribution in [2.24, 2.45) is 0 Å². The lowest BCUT2D eigenvalue weighted by atomic mass is 10.0. The van der Waals surface area contributed by atoms with E-state index in [-0.39, 0.29) is 18.5 Å². The minimum absolute atomic E-state index is 0.0266. The Balaban J connectivity index is 3.26. The van der Waals surface area contributed by atoms with Crippen molar-refractivity contribution in [2.45, 2.75) is 437 Å². The molecule has 0 aliphatic heterocycles. The van der Waals surface area contributed by atoms with Gasteiger partial charge in [-0.1, -0.05) is 386 Å². The standard InChI is InChI=1S/C72H143NO5/c1-3-5-7-9-11-13-15-16-38-42-46-50-54-58-62-66-72(77)78-67-63-59-55-51-47-43-40-37-35-33-31-29-27-25-23-21-19-17-18-20-22-24-26-28-30-32-34-36-39-41-45-49-53-57-61-65-71(76)73-69(68-74)70(75)64-60-56-52-48-44-14-12-10-8-6-4-2/h69-70,74-75H,3-68H2,1-2H3,(H,73,76). The van der Waals surface area contributed by atoms with E-state index in [2.05, 4.69) is 19.2 Å². The summed E-state index contributed by atoms with van der Waals surface area (Å²) in [5.41, 5.74) is 0. The highest BCUT2D eigenvalue weighted by molar-refractivity contribution is 5.76. The maximum Gasteiger partial charge on any atom is 0.305 e. The number of aliphatic hydroxyl groups excluding tert-OH is 2. The number of carbonyl (C=O) groups is 2. The molecule has 0 aliphatic rings. The third kappa shape index (κ3) is 64.0. The Morgan fingerprint density at radius 2 is 0.526 bits per heavy atom. The van der Waals surface area contributed by atoms with E-state index in [1.165, 1.54) is 353 Å². The van der Waals surface area contributed by atoms with Crippen LogP contribution < -0.4 is 5.32 Å². The number of unbranched alkanes of at least 4 members (excludes halogenated alkanes) is 58. The molecule has 0 saturated heterocycles. The van der Waals surface area contributed by atoms with Gasteiger partial charge in [-0.2, -0.15) is 0 Å². The smallest absolute Gasteiger partial charge is 0.305 e. The van der Waals surface area contributed by atoms with Gasteiger partial charge in [0.25, 0.3) is 0 Å². The van der Waals surface area contributed by atoms with Gasteiger partial charge in [0.2, 0.25) is 5.91 Å². The third-order valence-corrected chi connectivity index (χ3v) is 17.4. The van der Waals surface area contributed by atoms with E-state index < -0.39 is 12.1 Å². The highest BCUT2D eigenvalue weighted by Gasteiger charge is 2.20. The molecule has 1 amide bonds. The molecule has 78 heavy (non-hydrogen) atoms. The van der Waals surface area contributed by atoms with Crippen LogP contribution in [0, 0.1) is 0 Å². The molecular formula is C72H143NO5. The summed E-state index contributed by atoms with van der Waals surface area (Å²) in [6.07, 6.45) is 83.3. The van der Waals surface area contributed by atoms with Crippen LogP contribution in [-0.2, 0) is 14.3 Å². The van der Waals surface area contributed by atoms with Gasteiger partial charge < -0.3 is 20.3 Å². The average Bonchev–Trinajstić information content (AvgIpc) is 3.44. The van der Waals surface area contributed by atoms with E-state index in [9.17, 15) is 19.8 Å². The van der Waals surface area contributed by atoms with Gasteiger partial charge >= 0.3 is 5.97 Å². The Bertz CT molecular complexity index is 1130. The summed E-state index contributed by atoms with van der Waals surface area (Å²) in [5, 5.41) is 23.2. The quantitative estimate of drug-likeness (QED) is 0.0417. The van der Waals surface area contributed by atoms with E-state index in [0.717, 1.165) is 38.5 Å². The van der Waals surface area contributed by atoms with Gasteiger partial charge in [-0.25, -0.2) is 0 Å². The Morgan fingerprint density at radius 3 is 0.782 bits per heavy atom. The maximum atomic E-state index is 12.5. The lowest BCUT2D eigenvalue weighted by molar-refractivity contribution is -0.143. The molecule has 6 nitrogen and oxygen atoms in total. The van der Waals surface area contributed by atoms with Crippen LogP contribution in [0.3, 0.4) is 0 Å². The summed E-state index contributed by atoms with van der Waals surface area (Å²) < 4.78 is 5.50. The fourth-order valence-electron chi connectivity index (χ4n) is 11.9. The molecule has 0 radical (unpaired) electrons. The maximum absolute atomic E-state index is 12.5. The predicted octanol–water partition coefficient (Wildman–Crippen LogP) is 23.4. The Morgan fingerprint density at radius 1 is 0.308 bits per heavy atom. The highest BCUT2D eigenvalue weighted by atomic mass is 16.5. The first-order valence-corrected chi connectivity index (χ1v) is 36.3. The molecule has 3 N–H and O–H groups in total. The van der Waals surface area contributed by atoms with Crippen molar-refractivity contribution in [2.75, 3.05) is 13.2 Å².